The molecule has 0 bridgehead atoms. The van der Waals surface area contributed by atoms with Gasteiger partial charge in [-0.25, -0.2) is 0 Å². The molecule has 166 valence electrons. The van der Waals surface area contributed by atoms with E-state index in [-0.39, 0.29) is 13.2 Å². The lowest BCUT2D eigenvalue weighted by Crippen LogP contribution is -2.36. The number of amides is 1. The third-order valence-corrected chi connectivity index (χ3v) is 5.74. The molecule has 3 rings (SSSR count). The molecule has 0 aliphatic heterocycles. The fourth-order valence-corrected chi connectivity index (χ4v) is 4.18. The summed E-state index contributed by atoms with van der Waals surface area (Å²) in [5, 5.41) is 25.2. The summed E-state index contributed by atoms with van der Waals surface area (Å²) < 4.78 is 11.2. The van der Waals surface area contributed by atoms with Crippen molar-refractivity contribution in [1.29, 1.82) is 0 Å². The van der Waals surface area contributed by atoms with Gasteiger partial charge in [-0.15, -0.1) is 11.3 Å². The van der Waals surface area contributed by atoms with Gasteiger partial charge in [-0.3, -0.25) is 4.79 Å². The van der Waals surface area contributed by atoms with Crippen molar-refractivity contribution in [2.24, 2.45) is 0 Å². The van der Waals surface area contributed by atoms with Crippen LogP contribution < -0.4 is 10.1 Å². The first-order chi connectivity index (χ1) is 14.9. The number of carbonyl (C=O) groups excluding carboxylic acids is 1. The highest BCUT2D eigenvalue weighted by Crippen LogP contribution is 2.32. The predicted octanol–water partition coefficient (Wildman–Crippen LogP) is 2.88. The maximum Gasteiger partial charge on any atom is 0.268 e. The van der Waals surface area contributed by atoms with E-state index in [1.54, 1.807) is 11.3 Å². The highest BCUT2D eigenvalue weighted by Gasteiger charge is 2.16. The number of rotatable bonds is 10. The first-order valence-corrected chi connectivity index (χ1v) is 11.0. The van der Waals surface area contributed by atoms with E-state index in [0.717, 1.165) is 34.4 Å². The Kier molecular flexibility index (Phi) is 7.78. The topological polar surface area (TPSA) is 118 Å². The molecular formula is C22H27N3O5S. The summed E-state index contributed by atoms with van der Waals surface area (Å²) in [5.41, 5.74) is 2.56. The number of ether oxygens (including phenoxy) is 1. The van der Waals surface area contributed by atoms with Crippen molar-refractivity contribution >= 4 is 17.2 Å². The summed E-state index contributed by atoms with van der Waals surface area (Å²) in [5.74, 6) is 1.12. The van der Waals surface area contributed by atoms with Crippen LogP contribution in [0.2, 0.25) is 0 Å². The smallest absolute Gasteiger partial charge is 0.268 e. The van der Waals surface area contributed by atoms with Crippen LogP contribution in [-0.2, 0) is 11.2 Å². The molecule has 0 aliphatic rings. The van der Waals surface area contributed by atoms with Crippen molar-refractivity contribution in [3.05, 3.63) is 40.3 Å². The molecule has 0 spiro atoms. The molecule has 0 saturated heterocycles. The van der Waals surface area contributed by atoms with E-state index in [1.807, 2.05) is 32.0 Å². The number of hydrogen-bond donors (Lipinski definition) is 3. The van der Waals surface area contributed by atoms with Crippen molar-refractivity contribution in [1.82, 2.24) is 15.5 Å². The molecule has 1 aromatic carbocycles. The highest BCUT2D eigenvalue weighted by atomic mass is 32.1. The first-order valence-electron chi connectivity index (χ1n) is 10.1. The average molecular weight is 446 g/mol. The van der Waals surface area contributed by atoms with Crippen LogP contribution in [0.1, 0.15) is 29.3 Å². The van der Waals surface area contributed by atoms with Crippen LogP contribution in [0, 0.1) is 13.8 Å². The van der Waals surface area contributed by atoms with E-state index in [1.165, 1.54) is 4.88 Å². The first kappa shape index (κ1) is 22.9. The van der Waals surface area contributed by atoms with Gasteiger partial charge in [0.05, 0.1) is 4.88 Å². The van der Waals surface area contributed by atoms with Gasteiger partial charge in [0.15, 0.2) is 0 Å². The van der Waals surface area contributed by atoms with Crippen molar-refractivity contribution in [3.8, 4) is 27.9 Å². The van der Waals surface area contributed by atoms with Crippen LogP contribution in [0.5, 0.6) is 5.75 Å². The number of aliphatic hydroxyl groups excluding tert-OH is 2. The molecule has 9 heteroatoms. The van der Waals surface area contributed by atoms with Gasteiger partial charge in [0.1, 0.15) is 25.1 Å². The summed E-state index contributed by atoms with van der Waals surface area (Å²) in [6.07, 6.45) is 1.24. The maximum absolute atomic E-state index is 11.1. The monoisotopic (exact) mass is 445 g/mol. The largest absolute Gasteiger partial charge is 0.490 e. The molecule has 1 amide bonds. The number of thiophene rings is 1. The fourth-order valence-electron chi connectivity index (χ4n) is 3.15. The minimum Gasteiger partial charge on any atom is -0.490 e. The van der Waals surface area contributed by atoms with Crippen molar-refractivity contribution in [2.45, 2.75) is 39.7 Å². The molecule has 0 radical (unpaired) electrons. The Balaban J connectivity index is 1.69. The Morgan fingerprint density at radius 1 is 1.29 bits per heavy atom. The number of aryl methyl sites for hydroxylation is 3. The zero-order chi connectivity index (χ0) is 22.4. The van der Waals surface area contributed by atoms with E-state index >= 15 is 0 Å². The normalized spacial score (nSPS) is 12.0. The van der Waals surface area contributed by atoms with Gasteiger partial charge < -0.3 is 24.8 Å². The van der Waals surface area contributed by atoms with Gasteiger partial charge in [-0.1, -0.05) is 18.5 Å². The minimum atomic E-state index is -0.892. The Labute approximate surface area is 184 Å². The average Bonchev–Trinajstić information content (AvgIpc) is 3.41. The SMILES string of the molecule is CCCc1ccc(-c2nc(-c3cc(C)c(OC[C@H](O)CNC(=O)CO)c(C)c3)no2)s1. The lowest BCUT2D eigenvalue weighted by Gasteiger charge is -2.16. The van der Waals surface area contributed by atoms with Gasteiger partial charge in [-0.2, -0.15) is 4.98 Å². The Morgan fingerprint density at radius 3 is 2.71 bits per heavy atom. The third kappa shape index (κ3) is 5.90. The number of aliphatic hydroxyl groups is 2. The number of nitrogens with one attached hydrogen (secondary N) is 1. The number of aromatic nitrogens is 2. The molecule has 0 unspecified atom stereocenters. The van der Waals surface area contributed by atoms with Crippen molar-refractivity contribution in [2.75, 3.05) is 19.8 Å². The second kappa shape index (κ2) is 10.5. The fraction of sp³-hybridized carbons (Fsp3) is 0.409. The molecule has 0 saturated carbocycles. The Bertz CT molecular complexity index is 1010. The number of carbonyl (C=O) groups is 1. The van der Waals surface area contributed by atoms with Crippen LogP contribution in [0.25, 0.3) is 22.2 Å². The second-order valence-corrected chi connectivity index (χ2v) is 8.47. The van der Waals surface area contributed by atoms with E-state index in [4.69, 9.17) is 14.4 Å². The minimum absolute atomic E-state index is 0.00387. The summed E-state index contributed by atoms with van der Waals surface area (Å²) in [7, 11) is 0. The van der Waals surface area contributed by atoms with Gasteiger partial charge in [0.25, 0.3) is 5.89 Å². The standard InChI is InChI=1S/C22H27N3O5S/c1-4-5-17-6-7-18(31-17)22-24-21(25-30-22)15-8-13(2)20(14(3)9-15)29-12-16(27)10-23-19(28)11-26/h6-9,16,26-27H,4-5,10-12H2,1-3H3,(H,23,28)/t16-/m1/s1. The molecule has 0 fully saturated rings. The molecule has 8 nitrogen and oxygen atoms in total. The number of nitrogens with zero attached hydrogens (tertiary/aromatic N) is 2. The predicted molar refractivity (Wildman–Crippen MR) is 118 cm³/mol. The molecule has 1 atom stereocenters. The Hall–Kier alpha value is -2.75. The number of hydrogen-bond acceptors (Lipinski definition) is 8. The van der Waals surface area contributed by atoms with E-state index in [0.29, 0.717) is 17.5 Å². The van der Waals surface area contributed by atoms with Gasteiger partial charge in [0, 0.05) is 17.0 Å². The molecule has 3 aromatic rings. The summed E-state index contributed by atoms with van der Waals surface area (Å²) in [6.45, 7) is 5.36. The summed E-state index contributed by atoms with van der Waals surface area (Å²) >= 11 is 1.66. The van der Waals surface area contributed by atoms with Crippen LogP contribution in [0.15, 0.2) is 28.8 Å². The zero-order valence-corrected chi connectivity index (χ0v) is 18.7. The van der Waals surface area contributed by atoms with Crippen LogP contribution in [0.3, 0.4) is 0 Å². The maximum atomic E-state index is 11.1. The molecule has 0 aliphatic carbocycles. The molecule has 31 heavy (non-hydrogen) atoms. The molecule has 3 N–H and O–H groups in total. The van der Waals surface area contributed by atoms with Crippen LogP contribution in [0.4, 0.5) is 0 Å². The molecule has 2 heterocycles. The lowest BCUT2D eigenvalue weighted by molar-refractivity contribution is -0.124. The lowest BCUT2D eigenvalue weighted by atomic mass is 10.1. The number of benzene rings is 1. The van der Waals surface area contributed by atoms with Crippen LogP contribution in [-0.4, -0.2) is 52.1 Å². The second-order valence-electron chi connectivity index (χ2n) is 7.31. The van der Waals surface area contributed by atoms with E-state index < -0.39 is 18.6 Å². The van der Waals surface area contributed by atoms with E-state index in [2.05, 4.69) is 28.4 Å². The van der Waals surface area contributed by atoms with Gasteiger partial charge in [-0.05, 0) is 55.7 Å². The quantitative estimate of drug-likeness (QED) is 0.439. The zero-order valence-electron chi connectivity index (χ0n) is 17.8. The van der Waals surface area contributed by atoms with Gasteiger partial charge >= 0.3 is 0 Å². The van der Waals surface area contributed by atoms with Crippen molar-refractivity contribution in [3.63, 3.8) is 0 Å². The molecule has 2 aromatic heterocycles. The summed E-state index contributed by atoms with van der Waals surface area (Å²) in [6, 6.07) is 7.92. The Morgan fingerprint density at radius 2 is 2.03 bits per heavy atom. The van der Waals surface area contributed by atoms with E-state index in [9.17, 15) is 9.90 Å². The highest BCUT2D eigenvalue weighted by molar-refractivity contribution is 7.15. The van der Waals surface area contributed by atoms with Crippen molar-refractivity contribution < 1.29 is 24.3 Å². The van der Waals surface area contributed by atoms with Gasteiger partial charge in [0.2, 0.25) is 11.7 Å². The summed E-state index contributed by atoms with van der Waals surface area (Å²) in [4.78, 5) is 17.9. The molecular weight excluding hydrogens is 418 g/mol. The van der Waals surface area contributed by atoms with Crippen LogP contribution >= 0.6 is 11.3 Å². The third-order valence-electron chi connectivity index (χ3n) is 4.61.